The number of nitrogens with one attached hydrogen (secondary N) is 1. The molecule has 0 amide bonds. The summed E-state index contributed by atoms with van der Waals surface area (Å²) < 4.78 is 0. The monoisotopic (exact) mass is 172 g/mol. The number of nitriles is 1. The van der Waals surface area contributed by atoms with Gasteiger partial charge in [0, 0.05) is 17.5 Å². The second-order valence-electron chi connectivity index (χ2n) is 4.21. The van der Waals surface area contributed by atoms with Gasteiger partial charge in [-0.3, -0.25) is 0 Å². The van der Waals surface area contributed by atoms with Crippen molar-refractivity contribution in [1.82, 2.24) is 4.98 Å². The average Bonchev–Trinajstić information content (AvgIpc) is 2.44. The molecule has 1 heterocycles. The number of nitrogens with zero attached hydrogens (tertiary/aromatic N) is 1. The Bertz CT molecular complexity index is 402. The lowest BCUT2D eigenvalue weighted by atomic mass is 9.82. The molecule has 1 aromatic heterocycles. The van der Waals surface area contributed by atoms with Crippen LogP contribution in [0.3, 0.4) is 0 Å². The van der Waals surface area contributed by atoms with Gasteiger partial charge in [-0.05, 0) is 11.8 Å². The molecule has 13 heavy (non-hydrogen) atoms. The van der Waals surface area contributed by atoms with Crippen molar-refractivity contribution in [2.24, 2.45) is 5.41 Å². The zero-order chi connectivity index (χ0) is 9.47. The maximum atomic E-state index is 8.81. The first kappa shape index (κ1) is 8.12. The maximum absolute atomic E-state index is 8.81. The van der Waals surface area contributed by atoms with E-state index in [1.807, 2.05) is 6.08 Å². The molecule has 0 unspecified atom stereocenters. The lowest BCUT2D eigenvalue weighted by molar-refractivity contribution is 0.469. The highest BCUT2D eigenvalue weighted by molar-refractivity contribution is 5.63. The highest BCUT2D eigenvalue weighted by atomic mass is 14.7. The van der Waals surface area contributed by atoms with E-state index in [1.165, 1.54) is 5.69 Å². The third kappa shape index (κ3) is 1.27. The Morgan fingerprint density at radius 2 is 2.31 bits per heavy atom. The molecule has 0 radical (unpaired) electrons. The van der Waals surface area contributed by atoms with Gasteiger partial charge in [0.15, 0.2) is 0 Å². The Balaban J connectivity index is 2.50. The Kier molecular flexibility index (Phi) is 1.56. The molecule has 2 heteroatoms. The zero-order valence-electron chi connectivity index (χ0n) is 7.89. The Morgan fingerprint density at radius 3 is 3.00 bits per heavy atom. The van der Waals surface area contributed by atoms with Crippen LogP contribution >= 0.6 is 0 Å². The SMILES string of the molecule is CC1(C)C=Cc2c(C#N)c[nH]c2C1. The molecule has 2 rings (SSSR count). The van der Waals surface area contributed by atoms with Gasteiger partial charge in [0.25, 0.3) is 0 Å². The number of hydrogen-bond donors (Lipinski definition) is 1. The molecule has 1 aromatic rings. The normalized spacial score (nSPS) is 17.9. The van der Waals surface area contributed by atoms with Gasteiger partial charge < -0.3 is 4.98 Å². The topological polar surface area (TPSA) is 39.6 Å². The highest BCUT2D eigenvalue weighted by Crippen LogP contribution is 2.32. The van der Waals surface area contributed by atoms with Crippen LogP contribution < -0.4 is 0 Å². The number of aromatic amines is 1. The lowest BCUT2D eigenvalue weighted by Gasteiger charge is -2.23. The number of H-pyrrole nitrogens is 1. The number of hydrogen-bond acceptors (Lipinski definition) is 1. The first-order valence-electron chi connectivity index (χ1n) is 4.42. The molecule has 0 saturated carbocycles. The number of fused-ring (bicyclic) bond motifs is 1. The summed E-state index contributed by atoms with van der Waals surface area (Å²) in [6.45, 7) is 4.39. The summed E-state index contributed by atoms with van der Waals surface area (Å²) in [6.07, 6.45) is 6.99. The van der Waals surface area contributed by atoms with Crippen LogP contribution in [0.2, 0.25) is 0 Å². The zero-order valence-corrected chi connectivity index (χ0v) is 7.89. The van der Waals surface area contributed by atoms with E-state index < -0.39 is 0 Å². The molecule has 2 nitrogen and oxygen atoms in total. The predicted octanol–water partition coefficient (Wildman–Crippen LogP) is 2.48. The molecule has 0 aliphatic heterocycles. The van der Waals surface area contributed by atoms with Crippen LogP contribution in [0.1, 0.15) is 30.7 Å². The van der Waals surface area contributed by atoms with Crippen LogP contribution in [0.4, 0.5) is 0 Å². The Morgan fingerprint density at radius 1 is 1.54 bits per heavy atom. The van der Waals surface area contributed by atoms with Crippen molar-refractivity contribution in [2.45, 2.75) is 20.3 Å². The highest BCUT2D eigenvalue weighted by Gasteiger charge is 2.22. The predicted molar refractivity (Wildman–Crippen MR) is 52.0 cm³/mol. The molecule has 1 aliphatic carbocycles. The third-order valence-corrected chi connectivity index (χ3v) is 2.46. The van der Waals surface area contributed by atoms with Gasteiger partial charge in [-0.2, -0.15) is 5.26 Å². The summed E-state index contributed by atoms with van der Waals surface area (Å²) >= 11 is 0. The summed E-state index contributed by atoms with van der Waals surface area (Å²) in [5.74, 6) is 0. The van der Waals surface area contributed by atoms with Crippen molar-refractivity contribution in [2.75, 3.05) is 0 Å². The van der Waals surface area contributed by atoms with Crippen LogP contribution in [0, 0.1) is 16.7 Å². The van der Waals surface area contributed by atoms with E-state index in [1.54, 1.807) is 6.20 Å². The molecule has 66 valence electrons. The minimum atomic E-state index is 0.213. The van der Waals surface area contributed by atoms with Crippen molar-refractivity contribution in [3.63, 3.8) is 0 Å². The molecule has 0 saturated heterocycles. The van der Waals surface area contributed by atoms with Crippen molar-refractivity contribution in [1.29, 1.82) is 5.26 Å². The van der Waals surface area contributed by atoms with Crippen LogP contribution in [0.15, 0.2) is 12.3 Å². The molecule has 0 bridgehead atoms. The van der Waals surface area contributed by atoms with E-state index in [0.717, 1.165) is 17.5 Å². The van der Waals surface area contributed by atoms with Gasteiger partial charge in [0.1, 0.15) is 6.07 Å². The summed E-state index contributed by atoms with van der Waals surface area (Å²) in [5, 5.41) is 8.81. The Hall–Kier alpha value is -1.49. The van der Waals surface area contributed by atoms with Gasteiger partial charge in [-0.15, -0.1) is 0 Å². The van der Waals surface area contributed by atoms with Gasteiger partial charge in [0.2, 0.25) is 0 Å². The minimum absolute atomic E-state index is 0.213. The molecular weight excluding hydrogens is 160 g/mol. The Labute approximate surface area is 77.9 Å². The summed E-state index contributed by atoms with van der Waals surface area (Å²) in [4.78, 5) is 3.16. The molecule has 0 fully saturated rings. The van der Waals surface area contributed by atoms with E-state index in [2.05, 4.69) is 31.0 Å². The van der Waals surface area contributed by atoms with Gasteiger partial charge >= 0.3 is 0 Å². The molecule has 0 atom stereocenters. The van der Waals surface area contributed by atoms with Gasteiger partial charge in [-0.1, -0.05) is 26.0 Å². The molecule has 0 spiro atoms. The largest absolute Gasteiger partial charge is 0.363 e. The van der Waals surface area contributed by atoms with Crippen molar-refractivity contribution in [3.8, 4) is 6.07 Å². The van der Waals surface area contributed by atoms with Crippen LogP contribution in [0.5, 0.6) is 0 Å². The summed E-state index contributed by atoms with van der Waals surface area (Å²) in [5.41, 5.74) is 3.22. The average molecular weight is 172 g/mol. The quantitative estimate of drug-likeness (QED) is 0.641. The number of rotatable bonds is 0. The fourth-order valence-corrected chi connectivity index (χ4v) is 1.73. The minimum Gasteiger partial charge on any atom is -0.363 e. The van der Waals surface area contributed by atoms with E-state index >= 15 is 0 Å². The van der Waals surface area contributed by atoms with Crippen LogP contribution in [-0.4, -0.2) is 4.98 Å². The molecule has 1 N–H and O–H groups in total. The first-order chi connectivity index (χ1) is 6.12. The van der Waals surface area contributed by atoms with E-state index in [9.17, 15) is 0 Å². The van der Waals surface area contributed by atoms with E-state index in [-0.39, 0.29) is 5.41 Å². The van der Waals surface area contributed by atoms with E-state index in [4.69, 9.17) is 5.26 Å². The number of allylic oxidation sites excluding steroid dienone is 1. The lowest BCUT2D eigenvalue weighted by Crippen LogP contribution is -2.15. The maximum Gasteiger partial charge on any atom is 0.101 e. The van der Waals surface area contributed by atoms with Crippen molar-refractivity contribution >= 4 is 6.08 Å². The standard InChI is InChI=1S/C11H12N2/c1-11(2)4-3-9-8(6-12)7-13-10(9)5-11/h3-4,7,13H,5H2,1-2H3. The summed E-state index contributed by atoms with van der Waals surface area (Å²) in [7, 11) is 0. The fraction of sp³-hybridized carbons (Fsp3) is 0.364. The fourth-order valence-electron chi connectivity index (χ4n) is 1.73. The third-order valence-electron chi connectivity index (χ3n) is 2.46. The number of aromatic nitrogens is 1. The second-order valence-corrected chi connectivity index (χ2v) is 4.21. The van der Waals surface area contributed by atoms with Gasteiger partial charge in [-0.25, -0.2) is 0 Å². The van der Waals surface area contributed by atoms with Crippen molar-refractivity contribution < 1.29 is 0 Å². The summed E-state index contributed by atoms with van der Waals surface area (Å²) in [6, 6.07) is 2.18. The molecule has 0 aromatic carbocycles. The molecular formula is C11H12N2. The van der Waals surface area contributed by atoms with Crippen molar-refractivity contribution in [3.05, 3.63) is 29.1 Å². The first-order valence-corrected chi connectivity index (χ1v) is 4.42. The second kappa shape index (κ2) is 2.50. The molecule has 1 aliphatic rings. The van der Waals surface area contributed by atoms with Crippen LogP contribution in [-0.2, 0) is 6.42 Å². The smallest absolute Gasteiger partial charge is 0.101 e. The van der Waals surface area contributed by atoms with E-state index in [0.29, 0.717) is 0 Å². The van der Waals surface area contributed by atoms with Gasteiger partial charge in [0.05, 0.1) is 5.56 Å². The van der Waals surface area contributed by atoms with Crippen LogP contribution in [0.25, 0.3) is 6.08 Å².